The number of rotatable bonds is 3. The third-order valence-electron chi connectivity index (χ3n) is 3.50. The van der Waals surface area contributed by atoms with Crippen LogP contribution >= 0.6 is 23.2 Å². The second-order valence-electron chi connectivity index (χ2n) is 5.05. The molecule has 2 amide bonds. The van der Waals surface area contributed by atoms with Crippen LogP contribution in [0.25, 0.3) is 0 Å². The molecule has 1 heterocycles. The van der Waals surface area contributed by atoms with Crippen molar-refractivity contribution in [2.45, 2.75) is 6.92 Å². The average molecular weight is 335 g/mol. The average Bonchev–Trinajstić information content (AvgIpc) is 2.71. The summed E-state index contributed by atoms with van der Waals surface area (Å²) in [4.78, 5) is 25.8. The van der Waals surface area contributed by atoms with Crippen molar-refractivity contribution < 1.29 is 9.59 Å². The highest BCUT2D eigenvalue weighted by Gasteiger charge is 2.36. The third kappa shape index (κ3) is 2.56. The van der Waals surface area contributed by atoms with Crippen molar-refractivity contribution in [2.24, 2.45) is 0 Å². The predicted octanol–water partition coefficient (Wildman–Crippen LogP) is 3.97. The molecule has 0 fully saturated rings. The molecule has 0 atom stereocenters. The number of carbonyl (C=O) groups excluding carboxylic acids is 2. The summed E-state index contributed by atoms with van der Waals surface area (Å²) in [5.41, 5.74) is 2.53. The fourth-order valence-corrected chi connectivity index (χ4v) is 2.60. The Balaban J connectivity index is 1.80. The van der Waals surface area contributed by atoms with Crippen LogP contribution in [0, 0.1) is 6.92 Å². The lowest BCUT2D eigenvalue weighted by Crippen LogP contribution is -2.34. The molecule has 0 aromatic heterocycles. The first kappa shape index (κ1) is 14.9. The van der Waals surface area contributed by atoms with Gasteiger partial charge in [0.1, 0.15) is 0 Å². The van der Waals surface area contributed by atoms with Crippen LogP contribution in [0.1, 0.15) is 26.3 Å². The smallest absolute Gasteiger partial charge is 0.263 e. The van der Waals surface area contributed by atoms with Gasteiger partial charge in [0, 0.05) is 5.69 Å². The van der Waals surface area contributed by atoms with E-state index in [1.165, 1.54) is 12.1 Å². The van der Waals surface area contributed by atoms with Crippen molar-refractivity contribution in [3.05, 3.63) is 63.1 Å². The van der Waals surface area contributed by atoms with Crippen LogP contribution in [0.4, 0.5) is 5.69 Å². The lowest BCUT2D eigenvalue weighted by molar-refractivity contribution is 0.0666. The highest BCUT2D eigenvalue weighted by molar-refractivity contribution is 6.43. The minimum atomic E-state index is -0.377. The normalized spacial score (nSPS) is 13.5. The lowest BCUT2D eigenvalue weighted by atomic mass is 10.1. The summed E-state index contributed by atoms with van der Waals surface area (Å²) in [6.45, 7) is 2.08. The number of aryl methyl sites for hydroxylation is 1. The fourth-order valence-electron chi connectivity index (χ4n) is 2.27. The first-order valence-corrected chi connectivity index (χ1v) is 7.39. The predicted molar refractivity (Wildman–Crippen MR) is 86.6 cm³/mol. The molecule has 112 valence electrons. The highest BCUT2D eigenvalue weighted by Crippen LogP contribution is 2.31. The number of nitrogens with one attached hydrogen (secondary N) is 1. The Morgan fingerprint density at radius 1 is 0.955 bits per heavy atom. The van der Waals surface area contributed by atoms with Gasteiger partial charge < -0.3 is 5.32 Å². The van der Waals surface area contributed by atoms with Gasteiger partial charge in [-0.2, -0.15) is 0 Å². The lowest BCUT2D eigenvalue weighted by Gasteiger charge is -2.15. The molecule has 3 rings (SSSR count). The Kier molecular flexibility index (Phi) is 3.81. The number of carbonyl (C=O) groups is 2. The van der Waals surface area contributed by atoms with Crippen molar-refractivity contribution in [2.75, 3.05) is 12.0 Å². The van der Waals surface area contributed by atoms with Gasteiger partial charge in [0.15, 0.2) is 0 Å². The molecule has 0 saturated carbocycles. The van der Waals surface area contributed by atoms with Crippen molar-refractivity contribution in [1.82, 2.24) is 4.90 Å². The number of halogens is 2. The number of anilines is 1. The summed E-state index contributed by atoms with van der Waals surface area (Å²) in [5.74, 6) is -0.753. The van der Waals surface area contributed by atoms with E-state index in [9.17, 15) is 9.59 Å². The molecule has 4 nitrogen and oxygen atoms in total. The van der Waals surface area contributed by atoms with E-state index < -0.39 is 0 Å². The molecule has 1 aliphatic heterocycles. The molecule has 2 aromatic carbocycles. The number of benzene rings is 2. The summed E-state index contributed by atoms with van der Waals surface area (Å²) < 4.78 is 0. The van der Waals surface area contributed by atoms with Crippen molar-refractivity contribution in [1.29, 1.82) is 0 Å². The van der Waals surface area contributed by atoms with E-state index in [0.29, 0.717) is 0 Å². The first-order chi connectivity index (χ1) is 10.5. The van der Waals surface area contributed by atoms with E-state index in [-0.39, 0.29) is 39.7 Å². The molecule has 0 spiro atoms. The molecule has 0 radical (unpaired) electrons. The zero-order valence-electron chi connectivity index (χ0n) is 11.7. The molecule has 2 aromatic rings. The molecule has 22 heavy (non-hydrogen) atoms. The third-order valence-corrected chi connectivity index (χ3v) is 4.23. The van der Waals surface area contributed by atoms with Gasteiger partial charge in [-0.3, -0.25) is 14.5 Å². The van der Waals surface area contributed by atoms with Gasteiger partial charge in [-0.05, 0) is 31.2 Å². The van der Waals surface area contributed by atoms with Crippen LogP contribution in [-0.4, -0.2) is 23.4 Å². The second kappa shape index (κ2) is 5.63. The van der Waals surface area contributed by atoms with Crippen LogP contribution in [0.5, 0.6) is 0 Å². The summed E-state index contributed by atoms with van der Waals surface area (Å²) in [5, 5.41) is 3.58. The van der Waals surface area contributed by atoms with Gasteiger partial charge in [0.2, 0.25) is 0 Å². The van der Waals surface area contributed by atoms with Gasteiger partial charge in [-0.1, -0.05) is 40.9 Å². The number of fused-ring (bicyclic) bond motifs is 1. The number of hydrogen-bond donors (Lipinski definition) is 1. The summed E-state index contributed by atoms with van der Waals surface area (Å²) in [6, 6.07) is 10.5. The van der Waals surface area contributed by atoms with Gasteiger partial charge in [0.05, 0.1) is 27.8 Å². The van der Waals surface area contributed by atoms with Crippen LogP contribution < -0.4 is 5.32 Å². The number of nitrogens with zero attached hydrogens (tertiary/aromatic N) is 1. The maximum absolute atomic E-state index is 12.3. The minimum absolute atomic E-state index is 0.0879. The van der Waals surface area contributed by atoms with Crippen LogP contribution in [0.3, 0.4) is 0 Å². The van der Waals surface area contributed by atoms with Gasteiger partial charge >= 0.3 is 0 Å². The maximum atomic E-state index is 12.3. The van der Waals surface area contributed by atoms with E-state index in [2.05, 4.69) is 5.32 Å². The Labute approximate surface area is 137 Å². The van der Waals surface area contributed by atoms with E-state index in [0.717, 1.165) is 16.2 Å². The molecule has 0 unspecified atom stereocenters. The number of hydrogen-bond acceptors (Lipinski definition) is 3. The van der Waals surface area contributed by atoms with Gasteiger partial charge in [-0.15, -0.1) is 0 Å². The van der Waals surface area contributed by atoms with Crippen molar-refractivity contribution >= 4 is 40.7 Å². The van der Waals surface area contributed by atoms with Crippen molar-refractivity contribution in [3.63, 3.8) is 0 Å². The molecule has 6 heteroatoms. The highest BCUT2D eigenvalue weighted by atomic mass is 35.5. The van der Waals surface area contributed by atoms with E-state index in [1.807, 2.05) is 31.2 Å². The topological polar surface area (TPSA) is 49.4 Å². The second-order valence-corrected chi connectivity index (χ2v) is 5.87. The molecule has 0 saturated heterocycles. The number of imide groups is 1. The molecular formula is C16H12Cl2N2O2. The Morgan fingerprint density at radius 2 is 1.45 bits per heavy atom. The monoisotopic (exact) mass is 334 g/mol. The number of amides is 2. The van der Waals surface area contributed by atoms with Crippen LogP contribution in [-0.2, 0) is 0 Å². The SMILES string of the molecule is Cc1ccc(NCN2C(=O)c3cc(Cl)c(Cl)cc3C2=O)cc1. The first-order valence-electron chi connectivity index (χ1n) is 6.63. The Bertz CT molecular complexity index is 731. The molecular weight excluding hydrogens is 323 g/mol. The zero-order valence-corrected chi connectivity index (χ0v) is 13.2. The minimum Gasteiger partial charge on any atom is -0.367 e. The largest absolute Gasteiger partial charge is 0.367 e. The Hall–Kier alpha value is -2.04. The van der Waals surface area contributed by atoms with E-state index in [1.54, 1.807) is 0 Å². The zero-order chi connectivity index (χ0) is 15.9. The van der Waals surface area contributed by atoms with E-state index >= 15 is 0 Å². The Morgan fingerprint density at radius 3 is 1.95 bits per heavy atom. The standard InChI is InChI=1S/C16H12Cl2N2O2/c1-9-2-4-10(5-3-9)19-8-20-15(21)11-6-13(17)14(18)7-12(11)16(20)22/h2-7,19H,8H2,1H3. The van der Waals surface area contributed by atoms with Crippen molar-refractivity contribution in [3.8, 4) is 0 Å². The summed E-state index contributed by atoms with van der Waals surface area (Å²) in [6.07, 6.45) is 0. The maximum Gasteiger partial charge on any atom is 0.263 e. The summed E-state index contributed by atoms with van der Waals surface area (Å²) in [7, 11) is 0. The van der Waals surface area contributed by atoms with Crippen LogP contribution in [0.15, 0.2) is 36.4 Å². The molecule has 1 N–H and O–H groups in total. The van der Waals surface area contributed by atoms with Crippen LogP contribution in [0.2, 0.25) is 10.0 Å². The molecule has 0 bridgehead atoms. The molecule has 1 aliphatic rings. The quantitative estimate of drug-likeness (QED) is 0.864. The molecule has 0 aliphatic carbocycles. The summed E-state index contributed by atoms with van der Waals surface area (Å²) >= 11 is 11.8. The fraction of sp³-hybridized carbons (Fsp3) is 0.125. The van der Waals surface area contributed by atoms with E-state index in [4.69, 9.17) is 23.2 Å². The van der Waals surface area contributed by atoms with Gasteiger partial charge in [0.25, 0.3) is 11.8 Å². The van der Waals surface area contributed by atoms with Gasteiger partial charge in [-0.25, -0.2) is 0 Å².